The maximum absolute atomic E-state index is 10.7. The molecule has 0 amide bonds. The summed E-state index contributed by atoms with van der Waals surface area (Å²) in [6.07, 6.45) is 1.61. The van der Waals surface area contributed by atoms with Gasteiger partial charge in [-0.05, 0) is 23.8 Å². The number of nitrogens with zero attached hydrogens (tertiary/aromatic N) is 1. The van der Waals surface area contributed by atoms with Crippen molar-refractivity contribution in [2.45, 2.75) is 13.1 Å². The van der Waals surface area contributed by atoms with Crippen LogP contribution in [0.5, 0.6) is 0 Å². The highest BCUT2D eigenvalue weighted by Gasteiger charge is 2.08. The first-order valence-corrected chi connectivity index (χ1v) is 6.11. The van der Waals surface area contributed by atoms with Crippen molar-refractivity contribution in [1.82, 2.24) is 5.32 Å². The SMILES string of the molecule is O=[N+]([O-])c1cc(Br)cc(CNCc2ccco2)c1. The van der Waals surface area contributed by atoms with Gasteiger partial charge in [-0.1, -0.05) is 15.9 Å². The molecule has 0 saturated carbocycles. The molecule has 0 radical (unpaired) electrons. The highest BCUT2D eigenvalue weighted by atomic mass is 79.9. The van der Waals surface area contributed by atoms with E-state index in [1.54, 1.807) is 12.3 Å². The molecule has 0 spiro atoms. The van der Waals surface area contributed by atoms with Gasteiger partial charge >= 0.3 is 0 Å². The number of hydrogen-bond acceptors (Lipinski definition) is 4. The molecule has 1 aromatic carbocycles. The lowest BCUT2D eigenvalue weighted by Gasteiger charge is -2.04. The molecule has 0 atom stereocenters. The van der Waals surface area contributed by atoms with Crippen LogP contribution in [0, 0.1) is 10.1 Å². The Kier molecular flexibility index (Phi) is 4.11. The number of non-ortho nitro benzene ring substituents is 1. The molecule has 2 aromatic rings. The van der Waals surface area contributed by atoms with Crippen LogP contribution < -0.4 is 5.32 Å². The normalized spacial score (nSPS) is 10.5. The zero-order chi connectivity index (χ0) is 13.0. The van der Waals surface area contributed by atoms with Crippen LogP contribution in [0.25, 0.3) is 0 Å². The fraction of sp³-hybridized carbons (Fsp3) is 0.167. The van der Waals surface area contributed by atoms with Crippen LogP contribution in [0.2, 0.25) is 0 Å². The number of nitro benzene ring substituents is 1. The third kappa shape index (κ3) is 3.41. The number of furan rings is 1. The second kappa shape index (κ2) is 5.79. The number of rotatable bonds is 5. The Bertz CT molecular complexity index is 540. The fourth-order valence-corrected chi connectivity index (χ4v) is 2.11. The van der Waals surface area contributed by atoms with Gasteiger partial charge in [-0.15, -0.1) is 0 Å². The van der Waals surface area contributed by atoms with Gasteiger partial charge in [0, 0.05) is 23.2 Å². The Morgan fingerprint density at radius 3 is 2.83 bits per heavy atom. The molecule has 5 nitrogen and oxygen atoms in total. The van der Waals surface area contributed by atoms with Crippen molar-refractivity contribution in [2.75, 3.05) is 0 Å². The van der Waals surface area contributed by atoms with E-state index >= 15 is 0 Å². The van der Waals surface area contributed by atoms with Gasteiger partial charge in [-0.2, -0.15) is 0 Å². The summed E-state index contributed by atoms with van der Waals surface area (Å²) in [5.41, 5.74) is 0.932. The fourth-order valence-electron chi connectivity index (χ4n) is 1.58. The number of benzene rings is 1. The molecule has 18 heavy (non-hydrogen) atoms. The van der Waals surface area contributed by atoms with Crippen LogP contribution in [0.15, 0.2) is 45.5 Å². The van der Waals surface area contributed by atoms with E-state index in [0.717, 1.165) is 11.3 Å². The summed E-state index contributed by atoms with van der Waals surface area (Å²) in [6, 6.07) is 8.58. The van der Waals surface area contributed by atoms with E-state index in [1.807, 2.05) is 18.2 Å². The summed E-state index contributed by atoms with van der Waals surface area (Å²) in [6.45, 7) is 1.13. The summed E-state index contributed by atoms with van der Waals surface area (Å²) in [5, 5.41) is 13.9. The molecule has 0 saturated heterocycles. The van der Waals surface area contributed by atoms with Gasteiger partial charge in [0.25, 0.3) is 5.69 Å². The van der Waals surface area contributed by atoms with Crippen molar-refractivity contribution in [1.29, 1.82) is 0 Å². The van der Waals surface area contributed by atoms with Crippen molar-refractivity contribution in [2.24, 2.45) is 0 Å². The van der Waals surface area contributed by atoms with Gasteiger partial charge in [-0.3, -0.25) is 10.1 Å². The molecule has 1 aromatic heterocycles. The van der Waals surface area contributed by atoms with E-state index in [1.165, 1.54) is 6.07 Å². The van der Waals surface area contributed by atoms with Crippen LogP contribution >= 0.6 is 15.9 Å². The van der Waals surface area contributed by atoms with Crippen molar-refractivity contribution in [3.63, 3.8) is 0 Å². The standard InChI is InChI=1S/C12H11BrN2O3/c13-10-4-9(5-11(6-10)15(16)17)7-14-8-12-2-1-3-18-12/h1-6,14H,7-8H2. The summed E-state index contributed by atoms with van der Waals surface area (Å²) in [7, 11) is 0. The first-order chi connectivity index (χ1) is 8.65. The van der Waals surface area contributed by atoms with Crippen LogP contribution in [0.3, 0.4) is 0 Å². The van der Waals surface area contributed by atoms with E-state index in [0.29, 0.717) is 17.6 Å². The molecule has 0 aliphatic rings. The van der Waals surface area contributed by atoms with Gasteiger partial charge in [0.1, 0.15) is 5.76 Å². The molecule has 1 heterocycles. The van der Waals surface area contributed by atoms with Crippen molar-refractivity contribution in [3.8, 4) is 0 Å². The molecular formula is C12H11BrN2O3. The first kappa shape index (κ1) is 12.8. The Morgan fingerprint density at radius 2 is 2.17 bits per heavy atom. The number of nitro groups is 1. The molecule has 0 aliphatic carbocycles. The smallest absolute Gasteiger partial charge is 0.270 e. The lowest BCUT2D eigenvalue weighted by Crippen LogP contribution is -2.12. The highest BCUT2D eigenvalue weighted by molar-refractivity contribution is 9.10. The lowest BCUT2D eigenvalue weighted by atomic mass is 10.2. The average Bonchev–Trinajstić information content (AvgIpc) is 2.81. The summed E-state index contributed by atoms with van der Waals surface area (Å²) in [5.74, 6) is 0.833. The monoisotopic (exact) mass is 310 g/mol. The van der Waals surface area contributed by atoms with Gasteiger partial charge in [-0.25, -0.2) is 0 Å². The van der Waals surface area contributed by atoms with E-state index in [4.69, 9.17) is 4.42 Å². The largest absolute Gasteiger partial charge is 0.468 e. The maximum atomic E-state index is 10.7. The Morgan fingerprint density at radius 1 is 1.33 bits per heavy atom. The zero-order valence-electron chi connectivity index (χ0n) is 9.43. The highest BCUT2D eigenvalue weighted by Crippen LogP contribution is 2.21. The number of nitrogens with one attached hydrogen (secondary N) is 1. The summed E-state index contributed by atoms with van der Waals surface area (Å²) >= 11 is 3.26. The van der Waals surface area contributed by atoms with E-state index in [-0.39, 0.29) is 5.69 Å². The summed E-state index contributed by atoms with van der Waals surface area (Å²) < 4.78 is 5.88. The van der Waals surface area contributed by atoms with Crippen molar-refractivity contribution in [3.05, 3.63) is 62.5 Å². The molecule has 0 aliphatic heterocycles. The molecule has 6 heteroatoms. The molecule has 0 unspecified atom stereocenters. The topological polar surface area (TPSA) is 68.3 Å². The molecule has 0 fully saturated rings. The third-order valence-electron chi connectivity index (χ3n) is 2.36. The predicted octanol–water partition coefficient (Wildman–Crippen LogP) is 3.24. The Hall–Kier alpha value is -1.66. The minimum Gasteiger partial charge on any atom is -0.468 e. The minimum absolute atomic E-state index is 0.0826. The minimum atomic E-state index is -0.402. The van der Waals surface area contributed by atoms with Gasteiger partial charge in [0.05, 0.1) is 17.7 Å². The van der Waals surface area contributed by atoms with Crippen LogP contribution in [-0.4, -0.2) is 4.92 Å². The van der Waals surface area contributed by atoms with E-state index in [9.17, 15) is 10.1 Å². The van der Waals surface area contributed by atoms with Crippen molar-refractivity contribution >= 4 is 21.6 Å². The Balaban J connectivity index is 1.98. The third-order valence-corrected chi connectivity index (χ3v) is 2.82. The molecule has 0 bridgehead atoms. The van der Waals surface area contributed by atoms with Crippen molar-refractivity contribution < 1.29 is 9.34 Å². The Labute approximate surface area is 112 Å². The van der Waals surface area contributed by atoms with E-state index < -0.39 is 4.92 Å². The zero-order valence-corrected chi connectivity index (χ0v) is 11.0. The quantitative estimate of drug-likeness (QED) is 0.680. The van der Waals surface area contributed by atoms with Crippen LogP contribution in [0.4, 0.5) is 5.69 Å². The summed E-state index contributed by atoms with van der Waals surface area (Å²) in [4.78, 5) is 10.3. The first-order valence-electron chi connectivity index (χ1n) is 5.32. The molecule has 94 valence electrons. The second-order valence-corrected chi connectivity index (χ2v) is 4.67. The van der Waals surface area contributed by atoms with Crippen LogP contribution in [-0.2, 0) is 13.1 Å². The van der Waals surface area contributed by atoms with Gasteiger partial charge < -0.3 is 9.73 Å². The molecule has 2 rings (SSSR count). The predicted molar refractivity (Wildman–Crippen MR) is 70.0 cm³/mol. The molecular weight excluding hydrogens is 300 g/mol. The van der Waals surface area contributed by atoms with E-state index in [2.05, 4.69) is 21.2 Å². The second-order valence-electron chi connectivity index (χ2n) is 3.76. The number of halogens is 1. The lowest BCUT2D eigenvalue weighted by molar-refractivity contribution is -0.385. The molecule has 1 N–H and O–H groups in total. The van der Waals surface area contributed by atoms with Gasteiger partial charge in [0.15, 0.2) is 0 Å². The maximum Gasteiger partial charge on any atom is 0.270 e. The average molecular weight is 311 g/mol. The van der Waals surface area contributed by atoms with Gasteiger partial charge in [0.2, 0.25) is 0 Å². The van der Waals surface area contributed by atoms with Crippen LogP contribution in [0.1, 0.15) is 11.3 Å². The number of hydrogen-bond donors (Lipinski definition) is 1.